The van der Waals surface area contributed by atoms with E-state index >= 15 is 0 Å². The van der Waals surface area contributed by atoms with Crippen molar-refractivity contribution in [3.8, 4) is 0 Å². The maximum atomic E-state index is 12.1. The summed E-state index contributed by atoms with van der Waals surface area (Å²) >= 11 is 0. The Morgan fingerprint density at radius 1 is 1.35 bits per heavy atom. The average molecular weight is 276 g/mol. The molecule has 1 aromatic heterocycles. The Labute approximate surface area is 120 Å². The van der Waals surface area contributed by atoms with Gasteiger partial charge >= 0.3 is 0 Å². The number of rotatable bonds is 5. The first-order valence-electron chi connectivity index (χ1n) is 7.32. The highest BCUT2D eigenvalue weighted by Crippen LogP contribution is 2.06. The van der Waals surface area contributed by atoms with Crippen LogP contribution in [0.4, 0.5) is 0 Å². The van der Waals surface area contributed by atoms with Gasteiger partial charge in [-0.3, -0.25) is 9.78 Å². The quantitative estimate of drug-likeness (QED) is 0.778. The number of hydrogen-bond donors (Lipinski definition) is 2. The number of piperazine rings is 1. The van der Waals surface area contributed by atoms with Crippen LogP contribution in [0.2, 0.25) is 0 Å². The van der Waals surface area contributed by atoms with E-state index in [1.807, 2.05) is 26.0 Å². The Morgan fingerprint density at radius 2 is 2.10 bits per heavy atom. The highest BCUT2D eigenvalue weighted by Gasteiger charge is 2.11. The van der Waals surface area contributed by atoms with E-state index in [4.69, 9.17) is 0 Å². The van der Waals surface area contributed by atoms with Crippen LogP contribution in [0.1, 0.15) is 28.2 Å². The van der Waals surface area contributed by atoms with Gasteiger partial charge in [-0.15, -0.1) is 0 Å². The molecule has 0 aromatic carbocycles. The molecule has 1 amide bonds. The molecule has 0 saturated carbocycles. The van der Waals surface area contributed by atoms with Gasteiger partial charge in [0.15, 0.2) is 0 Å². The van der Waals surface area contributed by atoms with E-state index in [9.17, 15) is 4.79 Å². The molecule has 2 heterocycles. The summed E-state index contributed by atoms with van der Waals surface area (Å²) in [4.78, 5) is 18.8. The molecule has 0 bridgehead atoms. The second kappa shape index (κ2) is 7.36. The number of nitrogens with one attached hydrogen (secondary N) is 2. The largest absolute Gasteiger partial charge is 0.352 e. The van der Waals surface area contributed by atoms with Crippen molar-refractivity contribution in [1.29, 1.82) is 0 Å². The van der Waals surface area contributed by atoms with E-state index in [1.54, 1.807) is 0 Å². The van der Waals surface area contributed by atoms with Crippen molar-refractivity contribution in [2.45, 2.75) is 20.3 Å². The molecular weight excluding hydrogens is 252 g/mol. The molecule has 1 saturated heterocycles. The lowest BCUT2D eigenvalue weighted by atomic mass is 10.1. The molecule has 110 valence electrons. The van der Waals surface area contributed by atoms with E-state index in [2.05, 4.69) is 20.5 Å². The zero-order valence-corrected chi connectivity index (χ0v) is 12.4. The van der Waals surface area contributed by atoms with Gasteiger partial charge in [0.1, 0.15) is 0 Å². The summed E-state index contributed by atoms with van der Waals surface area (Å²) < 4.78 is 0. The Morgan fingerprint density at radius 3 is 2.80 bits per heavy atom. The fourth-order valence-electron chi connectivity index (χ4n) is 2.46. The lowest BCUT2D eigenvalue weighted by Crippen LogP contribution is -2.44. The fourth-order valence-corrected chi connectivity index (χ4v) is 2.46. The van der Waals surface area contributed by atoms with Crippen LogP contribution in [0.5, 0.6) is 0 Å². The van der Waals surface area contributed by atoms with Gasteiger partial charge in [-0.25, -0.2) is 0 Å². The standard InChI is InChI=1S/C15H24N4O/c1-12-4-5-14(13(2)18-12)15(20)17-6-3-9-19-10-7-16-8-11-19/h4-5,16H,3,6-11H2,1-2H3,(H,17,20). The monoisotopic (exact) mass is 276 g/mol. The molecular formula is C15H24N4O. The van der Waals surface area contributed by atoms with Gasteiger partial charge in [-0.05, 0) is 38.9 Å². The van der Waals surface area contributed by atoms with Crippen LogP contribution in [0.25, 0.3) is 0 Å². The summed E-state index contributed by atoms with van der Waals surface area (Å²) in [6, 6.07) is 3.73. The number of aryl methyl sites for hydroxylation is 2. The van der Waals surface area contributed by atoms with E-state index in [0.717, 1.165) is 57.1 Å². The maximum absolute atomic E-state index is 12.1. The summed E-state index contributed by atoms with van der Waals surface area (Å²) in [5.74, 6) is -0.0182. The van der Waals surface area contributed by atoms with E-state index in [-0.39, 0.29) is 5.91 Å². The summed E-state index contributed by atoms with van der Waals surface area (Å²) in [5.41, 5.74) is 2.42. The molecule has 2 rings (SSSR count). The molecule has 1 fully saturated rings. The van der Waals surface area contributed by atoms with Crippen LogP contribution < -0.4 is 10.6 Å². The average Bonchev–Trinajstić information content (AvgIpc) is 2.44. The number of hydrogen-bond acceptors (Lipinski definition) is 4. The van der Waals surface area contributed by atoms with Crippen LogP contribution in [0, 0.1) is 13.8 Å². The molecule has 1 aliphatic heterocycles. The molecule has 20 heavy (non-hydrogen) atoms. The third-order valence-electron chi connectivity index (χ3n) is 3.62. The van der Waals surface area contributed by atoms with Crippen molar-refractivity contribution in [2.24, 2.45) is 0 Å². The summed E-state index contributed by atoms with van der Waals surface area (Å²) in [7, 11) is 0. The molecule has 0 atom stereocenters. The van der Waals surface area contributed by atoms with Crippen molar-refractivity contribution in [1.82, 2.24) is 20.5 Å². The summed E-state index contributed by atoms with van der Waals surface area (Å²) in [5, 5.41) is 6.31. The fraction of sp³-hybridized carbons (Fsp3) is 0.600. The Bertz CT molecular complexity index is 455. The predicted octanol–water partition coefficient (Wildman–Crippen LogP) is 0.724. The molecule has 0 unspecified atom stereocenters. The first-order chi connectivity index (χ1) is 9.66. The highest BCUT2D eigenvalue weighted by atomic mass is 16.1. The highest BCUT2D eigenvalue weighted by molar-refractivity contribution is 5.95. The second-order valence-corrected chi connectivity index (χ2v) is 5.29. The Hall–Kier alpha value is -1.46. The molecule has 5 nitrogen and oxygen atoms in total. The summed E-state index contributed by atoms with van der Waals surface area (Å²) in [6.45, 7) is 9.93. The van der Waals surface area contributed by atoms with Crippen molar-refractivity contribution in [3.63, 3.8) is 0 Å². The van der Waals surface area contributed by atoms with Gasteiger partial charge < -0.3 is 15.5 Å². The summed E-state index contributed by atoms with van der Waals surface area (Å²) in [6.07, 6.45) is 0.990. The molecule has 0 spiro atoms. The lowest BCUT2D eigenvalue weighted by molar-refractivity contribution is 0.0950. The number of aromatic nitrogens is 1. The number of pyridine rings is 1. The van der Waals surface area contributed by atoms with Crippen molar-refractivity contribution in [3.05, 3.63) is 29.1 Å². The topological polar surface area (TPSA) is 57.3 Å². The van der Waals surface area contributed by atoms with E-state index in [0.29, 0.717) is 5.56 Å². The van der Waals surface area contributed by atoms with Crippen LogP contribution in [-0.2, 0) is 0 Å². The first kappa shape index (κ1) is 14.9. The van der Waals surface area contributed by atoms with Crippen molar-refractivity contribution >= 4 is 5.91 Å². The van der Waals surface area contributed by atoms with Crippen LogP contribution in [-0.4, -0.2) is 55.1 Å². The Kier molecular flexibility index (Phi) is 5.49. The van der Waals surface area contributed by atoms with Gasteiger partial charge in [0.25, 0.3) is 5.91 Å². The van der Waals surface area contributed by atoms with Crippen molar-refractivity contribution in [2.75, 3.05) is 39.3 Å². The van der Waals surface area contributed by atoms with Gasteiger partial charge in [0.2, 0.25) is 0 Å². The Balaban J connectivity index is 1.72. The molecule has 0 aliphatic carbocycles. The van der Waals surface area contributed by atoms with Gasteiger partial charge in [-0.1, -0.05) is 0 Å². The SMILES string of the molecule is Cc1ccc(C(=O)NCCCN2CCNCC2)c(C)n1. The number of carbonyl (C=O) groups is 1. The third kappa shape index (κ3) is 4.28. The minimum Gasteiger partial charge on any atom is -0.352 e. The molecule has 5 heteroatoms. The lowest BCUT2D eigenvalue weighted by Gasteiger charge is -2.27. The normalized spacial score (nSPS) is 16.1. The number of amides is 1. The van der Waals surface area contributed by atoms with Gasteiger partial charge in [0, 0.05) is 38.4 Å². The third-order valence-corrected chi connectivity index (χ3v) is 3.62. The van der Waals surface area contributed by atoms with Crippen LogP contribution >= 0.6 is 0 Å². The second-order valence-electron chi connectivity index (χ2n) is 5.29. The zero-order chi connectivity index (χ0) is 14.4. The van der Waals surface area contributed by atoms with Crippen LogP contribution in [0.15, 0.2) is 12.1 Å². The molecule has 2 N–H and O–H groups in total. The smallest absolute Gasteiger partial charge is 0.253 e. The van der Waals surface area contributed by atoms with Crippen molar-refractivity contribution < 1.29 is 4.79 Å². The molecule has 0 radical (unpaired) electrons. The number of carbonyl (C=O) groups excluding carboxylic acids is 1. The van der Waals surface area contributed by atoms with Gasteiger partial charge in [0.05, 0.1) is 11.3 Å². The minimum absolute atomic E-state index is 0.0182. The van der Waals surface area contributed by atoms with Gasteiger partial charge in [-0.2, -0.15) is 0 Å². The predicted molar refractivity (Wildman–Crippen MR) is 80.0 cm³/mol. The molecule has 1 aliphatic rings. The zero-order valence-electron chi connectivity index (χ0n) is 12.4. The van der Waals surface area contributed by atoms with E-state index in [1.165, 1.54) is 0 Å². The van der Waals surface area contributed by atoms with E-state index < -0.39 is 0 Å². The minimum atomic E-state index is -0.0182. The first-order valence-corrected chi connectivity index (χ1v) is 7.32. The molecule has 1 aromatic rings. The maximum Gasteiger partial charge on any atom is 0.253 e. The van der Waals surface area contributed by atoms with Crippen LogP contribution in [0.3, 0.4) is 0 Å². The number of nitrogens with zero attached hydrogens (tertiary/aromatic N) is 2.